The van der Waals surface area contributed by atoms with Crippen molar-refractivity contribution in [2.24, 2.45) is 0 Å². The molecule has 3 aromatic rings. The summed E-state index contributed by atoms with van der Waals surface area (Å²) < 4.78 is 10.4. The Morgan fingerprint density at radius 1 is 1.00 bits per heavy atom. The average molecular weight is 377 g/mol. The number of benzene rings is 2. The van der Waals surface area contributed by atoms with Crippen LogP contribution < -0.4 is 4.74 Å². The van der Waals surface area contributed by atoms with Gasteiger partial charge < -0.3 is 14.6 Å². The molecule has 1 heterocycles. The summed E-state index contributed by atoms with van der Waals surface area (Å²) in [6.07, 6.45) is 3.67. The van der Waals surface area contributed by atoms with Gasteiger partial charge in [0.2, 0.25) is 0 Å². The molecule has 0 unspecified atom stereocenters. The van der Waals surface area contributed by atoms with Crippen LogP contribution in [-0.2, 0) is 11.2 Å². The van der Waals surface area contributed by atoms with Crippen LogP contribution in [0.15, 0.2) is 60.8 Å². The van der Waals surface area contributed by atoms with Crippen molar-refractivity contribution in [1.29, 1.82) is 0 Å². The van der Waals surface area contributed by atoms with E-state index < -0.39 is 5.97 Å². The Hall–Kier alpha value is -3.18. The molecule has 5 nitrogen and oxygen atoms in total. The number of aryl methyl sites for hydroxylation is 1. The number of hydrogen-bond acceptors (Lipinski definition) is 4. The molecule has 0 amide bonds. The van der Waals surface area contributed by atoms with Crippen molar-refractivity contribution in [2.45, 2.75) is 12.8 Å². The number of pyridine rings is 1. The van der Waals surface area contributed by atoms with Crippen LogP contribution in [0.25, 0.3) is 22.4 Å². The molecule has 28 heavy (non-hydrogen) atoms. The van der Waals surface area contributed by atoms with E-state index in [4.69, 9.17) is 19.6 Å². The molecular formula is C23H23NO4. The maximum Gasteiger partial charge on any atom is 0.335 e. The van der Waals surface area contributed by atoms with E-state index in [1.807, 2.05) is 42.6 Å². The van der Waals surface area contributed by atoms with Gasteiger partial charge in [0.15, 0.2) is 0 Å². The number of ether oxygens (including phenoxy) is 2. The molecule has 2 aromatic carbocycles. The van der Waals surface area contributed by atoms with Gasteiger partial charge >= 0.3 is 5.97 Å². The summed E-state index contributed by atoms with van der Waals surface area (Å²) in [5.74, 6) is -0.152. The van der Waals surface area contributed by atoms with Crippen LogP contribution >= 0.6 is 0 Å². The Kier molecular flexibility index (Phi) is 6.40. The zero-order valence-electron chi connectivity index (χ0n) is 16.0. The Balaban J connectivity index is 2.03. The molecule has 0 aliphatic heterocycles. The van der Waals surface area contributed by atoms with Crippen LogP contribution in [0.4, 0.5) is 0 Å². The molecule has 0 spiro atoms. The molecule has 0 saturated carbocycles. The Morgan fingerprint density at radius 3 is 2.29 bits per heavy atom. The van der Waals surface area contributed by atoms with Gasteiger partial charge in [0.05, 0.1) is 18.4 Å². The standard InChI is InChI=1S/C23H23NO4/c1-27-13-3-4-16-14-21(17-5-7-19(8-6-17)23(25)26)22(24-15-16)18-9-11-20(28-2)12-10-18/h5-12,14-15H,3-4,13H2,1-2H3,(H,25,26). The topological polar surface area (TPSA) is 68.7 Å². The monoisotopic (exact) mass is 377 g/mol. The second-order valence-electron chi connectivity index (χ2n) is 6.45. The molecule has 0 bridgehead atoms. The van der Waals surface area contributed by atoms with Crippen molar-refractivity contribution in [3.8, 4) is 28.1 Å². The summed E-state index contributed by atoms with van der Waals surface area (Å²) in [6.45, 7) is 0.697. The average Bonchev–Trinajstić information content (AvgIpc) is 2.74. The fourth-order valence-electron chi connectivity index (χ4n) is 3.06. The molecular weight excluding hydrogens is 354 g/mol. The minimum atomic E-state index is -0.937. The lowest BCUT2D eigenvalue weighted by Gasteiger charge is -2.13. The minimum absolute atomic E-state index is 0.263. The normalized spacial score (nSPS) is 10.6. The van der Waals surface area contributed by atoms with Gasteiger partial charge in [0.1, 0.15) is 5.75 Å². The number of methoxy groups -OCH3 is 2. The third kappa shape index (κ3) is 4.56. The van der Waals surface area contributed by atoms with Gasteiger partial charge in [0, 0.05) is 31.0 Å². The Bertz CT molecular complexity index is 934. The number of carboxylic acids is 1. The maximum atomic E-state index is 11.2. The van der Waals surface area contributed by atoms with Gasteiger partial charge in [-0.05, 0) is 66.4 Å². The molecule has 1 aromatic heterocycles. The smallest absolute Gasteiger partial charge is 0.335 e. The Morgan fingerprint density at radius 2 is 1.68 bits per heavy atom. The molecule has 0 aliphatic carbocycles. The van der Waals surface area contributed by atoms with Crippen LogP contribution in [0.3, 0.4) is 0 Å². The second kappa shape index (κ2) is 9.15. The highest BCUT2D eigenvalue weighted by atomic mass is 16.5. The van der Waals surface area contributed by atoms with Crippen LogP contribution in [0.2, 0.25) is 0 Å². The van der Waals surface area contributed by atoms with Gasteiger partial charge in [-0.3, -0.25) is 4.98 Å². The number of nitrogens with zero attached hydrogens (tertiary/aromatic N) is 1. The van der Waals surface area contributed by atoms with Gasteiger partial charge in [-0.1, -0.05) is 12.1 Å². The molecule has 0 radical (unpaired) electrons. The van der Waals surface area contributed by atoms with E-state index in [-0.39, 0.29) is 5.56 Å². The summed E-state index contributed by atoms with van der Waals surface area (Å²) >= 11 is 0. The highest BCUT2D eigenvalue weighted by molar-refractivity contribution is 5.89. The van der Waals surface area contributed by atoms with Crippen LogP contribution in [-0.4, -0.2) is 36.9 Å². The fourth-order valence-corrected chi connectivity index (χ4v) is 3.06. The van der Waals surface area contributed by atoms with E-state index in [1.165, 1.54) is 0 Å². The van der Waals surface area contributed by atoms with Crippen LogP contribution in [0.1, 0.15) is 22.3 Å². The molecule has 5 heteroatoms. The van der Waals surface area contributed by atoms with Gasteiger partial charge in [-0.15, -0.1) is 0 Å². The Labute approximate surface area is 164 Å². The van der Waals surface area contributed by atoms with Crippen molar-refractivity contribution < 1.29 is 19.4 Å². The molecule has 0 aliphatic rings. The van der Waals surface area contributed by atoms with E-state index in [0.717, 1.165) is 46.5 Å². The number of rotatable bonds is 8. The summed E-state index contributed by atoms with van der Waals surface area (Å²) in [5, 5.41) is 9.16. The van der Waals surface area contributed by atoms with Crippen LogP contribution in [0.5, 0.6) is 5.75 Å². The summed E-state index contributed by atoms with van der Waals surface area (Å²) in [4.78, 5) is 15.9. The lowest BCUT2D eigenvalue weighted by Crippen LogP contribution is -1.98. The van der Waals surface area contributed by atoms with E-state index in [2.05, 4.69) is 6.07 Å². The second-order valence-corrected chi connectivity index (χ2v) is 6.45. The number of aromatic carboxylic acids is 1. The van der Waals surface area contributed by atoms with Gasteiger partial charge in [-0.2, -0.15) is 0 Å². The van der Waals surface area contributed by atoms with Crippen molar-refractivity contribution in [1.82, 2.24) is 4.98 Å². The molecule has 1 N–H and O–H groups in total. The first-order valence-corrected chi connectivity index (χ1v) is 9.08. The van der Waals surface area contributed by atoms with E-state index in [9.17, 15) is 4.79 Å². The largest absolute Gasteiger partial charge is 0.497 e. The number of aromatic nitrogens is 1. The molecule has 144 valence electrons. The first-order chi connectivity index (χ1) is 13.6. The predicted octanol–water partition coefficient (Wildman–Crippen LogP) is 4.70. The molecule has 3 rings (SSSR count). The first kappa shape index (κ1) is 19.6. The summed E-state index contributed by atoms with van der Waals surface area (Å²) in [6, 6.07) is 16.8. The lowest BCUT2D eigenvalue weighted by atomic mass is 9.96. The zero-order valence-corrected chi connectivity index (χ0v) is 16.0. The number of carbonyl (C=O) groups is 1. The predicted molar refractivity (Wildman–Crippen MR) is 109 cm³/mol. The number of carboxylic acid groups (broad SMARTS) is 1. The van der Waals surface area contributed by atoms with Crippen molar-refractivity contribution >= 4 is 5.97 Å². The maximum absolute atomic E-state index is 11.2. The fraction of sp³-hybridized carbons (Fsp3) is 0.217. The quantitative estimate of drug-likeness (QED) is 0.576. The summed E-state index contributed by atoms with van der Waals surface area (Å²) in [7, 11) is 3.33. The third-order valence-corrected chi connectivity index (χ3v) is 4.56. The highest BCUT2D eigenvalue weighted by Gasteiger charge is 2.12. The van der Waals surface area contributed by atoms with Crippen molar-refractivity contribution in [3.63, 3.8) is 0 Å². The summed E-state index contributed by atoms with van der Waals surface area (Å²) in [5.41, 5.74) is 5.10. The zero-order chi connectivity index (χ0) is 19.9. The van der Waals surface area contributed by atoms with Gasteiger partial charge in [0.25, 0.3) is 0 Å². The molecule has 0 atom stereocenters. The SMILES string of the molecule is COCCCc1cnc(-c2ccc(OC)cc2)c(-c2ccc(C(=O)O)cc2)c1. The van der Waals surface area contributed by atoms with Gasteiger partial charge in [-0.25, -0.2) is 4.79 Å². The third-order valence-electron chi connectivity index (χ3n) is 4.56. The molecule has 0 fully saturated rings. The van der Waals surface area contributed by atoms with Crippen molar-refractivity contribution in [2.75, 3.05) is 20.8 Å². The van der Waals surface area contributed by atoms with Crippen molar-refractivity contribution in [3.05, 3.63) is 71.9 Å². The number of hydrogen-bond donors (Lipinski definition) is 1. The van der Waals surface area contributed by atoms with E-state index in [0.29, 0.717) is 6.61 Å². The van der Waals surface area contributed by atoms with Crippen LogP contribution in [0, 0.1) is 0 Å². The first-order valence-electron chi connectivity index (χ1n) is 9.08. The van der Waals surface area contributed by atoms with E-state index >= 15 is 0 Å². The molecule has 0 saturated heterocycles. The highest BCUT2D eigenvalue weighted by Crippen LogP contribution is 2.32. The lowest BCUT2D eigenvalue weighted by molar-refractivity contribution is 0.0697. The minimum Gasteiger partial charge on any atom is -0.497 e. The van der Waals surface area contributed by atoms with E-state index in [1.54, 1.807) is 26.4 Å².